The Hall–Kier alpha value is -6.72. The molecule has 0 saturated heterocycles. The van der Waals surface area contributed by atoms with E-state index >= 15 is 0 Å². The summed E-state index contributed by atoms with van der Waals surface area (Å²) in [4.78, 5) is 19.3. The molecule has 0 spiro atoms. The van der Waals surface area contributed by atoms with Crippen molar-refractivity contribution in [1.29, 1.82) is 0 Å². The van der Waals surface area contributed by atoms with Crippen molar-refractivity contribution in [3.63, 3.8) is 0 Å². The van der Waals surface area contributed by atoms with Gasteiger partial charge in [-0.05, 0) is 75.5 Å². The Bertz CT molecular complexity index is 2610. The Balaban J connectivity index is 1.01. The van der Waals surface area contributed by atoms with Gasteiger partial charge in [-0.3, -0.25) is 9.97 Å². The van der Waals surface area contributed by atoms with Crippen molar-refractivity contribution in [2.24, 2.45) is 0 Å². The zero-order valence-electron chi connectivity index (χ0n) is 27.6. The van der Waals surface area contributed by atoms with Crippen molar-refractivity contribution in [2.45, 2.75) is 12.5 Å². The van der Waals surface area contributed by atoms with Crippen LogP contribution in [0.2, 0.25) is 0 Å². The van der Waals surface area contributed by atoms with Crippen LogP contribution in [-0.4, -0.2) is 26.0 Å². The molecule has 0 saturated carbocycles. The average molecular weight is 655 g/mol. The molecule has 0 fully saturated rings. The summed E-state index contributed by atoms with van der Waals surface area (Å²) in [5.41, 5.74) is 13.0. The van der Waals surface area contributed by atoms with Gasteiger partial charge in [-0.1, -0.05) is 109 Å². The Kier molecular flexibility index (Phi) is 6.88. The fourth-order valence-corrected chi connectivity index (χ4v) is 7.38. The molecule has 2 aliphatic rings. The number of rotatable bonds is 5. The number of benzene rings is 4. The van der Waals surface area contributed by atoms with Gasteiger partial charge >= 0.3 is 0 Å². The maximum Gasteiger partial charge on any atom is 0.154 e. The van der Waals surface area contributed by atoms with Crippen molar-refractivity contribution < 1.29 is 4.74 Å². The van der Waals surface area contributed by atoms with Gasteiger partial charge in [0.05, 0.1) is 28.3 Å². The standard InChI is InChI=1S/C46H30N4O/c1-2-10-35-32(9-1)23-24-39-43(35)44-36-11-3-4-14-42(36)51-46(44)45(50-39)33-21-19-30(20-22-33)29-15-17-31(18-16-29)34-27-40(37-12-5-7-25-47-37)49-41(28-34)38-13-6-8-26-48-38/h1-13,15-28,42H,14H2. The summed E-state index contributed by atoms with van der Waals surface area (Å²) >= 11 is 0. The second kappa shape index (κ2) is 12.0. The van der Waals surface area contributed by atoms with E-state index in [2.05, 4.69) is 125 Å². The zero-order chi connectivity index (χ0) is 33.7. The summed E-state index contributed by atoms with van der Waals surface area (Å²) in [5, 5.41) is 3.58. The average Bonchev–Trinajstić information content (AvgIpc) is 3.61. The van der Waals surface area contributed by atoms with Crippen molar-refractivity contribution in [3.8, 4) is 62.0 Å². The molecule has 0 bridgehead atoms. The summed E-state index contributed by atoms with van der Waals surface area (Å²) in [6, 6.07) is 46.2. The molecule has 10 rings (SSSR count). The van der Waals surface area contributed by atoms with Crippen LogP contribution in [0.3, 0.4) is 0 Å². The summed E-state index contributed by atoms with van der Waals surface area (Å²) in [5.74, 6) is 0.878. The van der Waals surface area contributed by atoms with E-state index in [-0.39, 0.29) is 6.10 Å². The SMILES string of the molecule is C1=CCC2Oc3c(-c4ccc(-c5ccc(-c6cc(-c7ccccn7)nc(-c7ccccn7)c6)cc5)cc4)nc4ccc5ccccc5c4c3C2=C1. The van der Waals surface area contributed by atoms with Gasteiger partial charge in [-0.25, -0.2) is 9.97 Å². The molecule has 0 N–H and O–H groups in total. The summed E-state index contributed by atoms with van der Waals surface area (Å²) < 4.78 is 6.70. The van der Waals surface area contributed by atoms with Gasteiger partial charge in [0, 0.05) is 40.9 Å². The van der Waals surface area contributed by atoms with E-state index in [1.54, 1.807) is 12.4 Å². The molecule has 0 amide bonds. The van der Waals surface area contributed by atoms with Crippen LogP contribution in [0, 0.1) is 0 Å². The highest BCUT2D eigenvalue weighted by Gasteiger charge is 2.34. The number of nitrogens with zero attached hydrogens (tertiary/aromatic N) is 4. The molecule has 1 aliphatic heterocycles. The minimum Gasteiger partial charge on any atom is -0.482 e. The largest absolute Gasteiger partial charge is 0.482 e. The third kappa shape index (κ3) is 5.10. The van der Waals surface area contributed by atoms with Gasteiger partial charge in [0.1, 0.15) is 11.8 Å². The summed E-state index contributed by atoms with van der Waals surface area (Å²) in [6.45, 7) is 0. The first kappa shape index (κ1) is 29.2. The first-order chi connectivity index (χ1) is 25.3. The molecule has 51 heavy (non-hydrogen) atoms. The monoisotopic (exact) mass is 654 g/mol. The van der Waals surface area contributed by atoms with Crippen LogP contribution in [0.1, 0.15) is 12.0 Å². The fourth-order valence-electron chi connectivity index (χ4n) is 7.38. The van der Waals surface area contributed by atoms with Gasteiger partial charge in [0.2, 0.25) is 0 Å². The van der Waals surface area contributed by atoms with Crippen LogP contribution in [0.15, 0.2) is 164 Å². The maximum atomic E-state index is 6.70. The van der Waals surface area contributed by atoms with Gasteiger partial charge in [-0.2, -0.15) is 0 Å². The number of hydrogen-bond acceptors (Lipinski definition) is 5. The lowest BCUT2D eigenvalue weighted by Gasteiger charge is -2.13. The predicted octanol–water partition coefficient (Wildman–Crippen LogP) is 11.0. The Morgan fingerprint density at radius 1 is 0.549 bits per heavy atom. The highest BCUT2D eigenvalue weighted by atomic mass is 16.5. The Morgan fingerprint density at radius 2 is 1.18 bits per heavy atom. The van der Waals surface area contributed by atoms with E-state index in [1.165, 1.54) is 27.3 Å². The molecule has 5 nitrogen and oxygen atoms in total. The quantitative estimate of drug-likeness (QED) is 0.173. The summed E-state index contributed by atoms with van der Waals surface area (Å²) in [7, 11) is 0. The van der Waals surface area contributed by atoms with Gasteiger partial charge in [-0.15, -0.1) is 0 Å². The van der Waals surface area contributed by atoms with Crippen LogP contribution in [-0.2, 0) is 0 Å². The van der Waals surface area contributed by atoms with Crippen molar-refractivity contribution in [3.05, 3.63) is 170 Å². The Labute approximate surface area is 295 Å². The van der Waals surface area contributed by atoms with E-state index in [1.807, 2.05) is 36.4 Å². The minimum atomic E-state index is 0.00775. The molecule has 0 radical (unpaired) electrons. The van der Waals surface area contributed by atoms with Crippen molar-refractivity contribution in [2.75, 3.05) is 0 Å². The number of hydrogen-bond donors (Lipinski definition) is 0. The lowest BCUT2D eigenvalue weighted by Crippen LogP contribution is -2.12. The zero-order valence-corrected chi connectivity index (χ0v) is 27.6. The minimum absolute atomic E-state index is 0.00775. The van der Waals surface area contributed by atoms with Crippen molar-refractivity contribution >= 4 is 27.2 Å². The second-order valence-corrected chi connectivity index (χ2v) is 12.9. The molecule has 5 heterocycles. The van der Waals surface area contributed by atoms with Crippen LogP contribution in [0.25, 0.3) is 83.5 Å². The predicted molar refractivity (Wildman–Crippen MR) is 206 cm³/mol. The number of allylic oxidation sites excluding steroid dienone is 2. The lowest BCUT2D eigenvalue weighted by atomic mass is 9.90. The molecular formula is C46H30N4O. The van der Waals surface area contributed by atoms with Gasteiger partial charge in [0.15, 0.2) is 5.75 Å². The molecule has 1 aliphatic carbocycles. The van der Waals surface area contributed by atoms with E-state index in [4.69, 9.17) is 14.7 Å². The number of ether oxygens (including phenoxy) is 1. The van der Waals surface area contributed by atoms with E-state index < -0.39 is 0 Å². The normalized spacial score (nSPS) is 14.6. The summed E-state index contributed by atoms with van der Waals surface area (Å²) in [6.07, 6.45) is 11.0. The highest BCUT2D eigenvalue weighted by Crippen LogP contribution is 2.50. The number of pyridine rings is 4. The molecule has 4 aromatic heterocycles. The van der Waals surface area contributed by atoms with Crippen molar-refractivity contribution in [1.82, 2.24) is 19.9 Å². The first-order valence-corrected chi connectivity index (χ1v) is 17.2. The smallest absolute Gasteiger partial charge is 0.154 e. The van der Waals surface area contributed by atoms with E-state index in [9.17, 15) is 0 Å². The van der Waals surface area contributed by atoms with Crippen LogP contribution in [0.5, 0.6) is 5.75 Å². The number of fused-ring (bicyclic) bond motifs is 7. The van der Waals surface area contributed by atoms with Gasteiger partial charge < -0.3 is 4.74 Å². The molecular weight excluding hydrogens is 625 g/mol. The third-order valence-corrected chi connectivity index (χ3v) is 9.88. The molecule has 1 unspecified atom stereocenters. The third-order valence-electron chi connectivity index (χ3n) is 9.88. The molecule has 8 aromatic rings. The first-order valence-electron chi connectivity index (χ1n) is 17.2. The van der Waals surface area contributed by atoms with Gasteiger partial charge in [0.25, 0.3) is 0 Å². The maximum absolute atomic E-state index is 6.70. The molecule has 5 heteroatoms. The topological polar surface area (TPSA) is 60.8 Å². The molecule has 4 aromatic carbocycles. The van der Waals surface area contributed by atoms with Crippen LogP contribution >= 0.6 is 0 Å². The lowest BCUT2D eigenvalue weighted by molar-refractivity contribution is 0.279. The Morgan fingerprint density at radius 3 is 1.84 bits per heavy atom. The number of aromatic nitrogens is 4. The van der Waals surface area contributed by atoms with E-state index in [0.29, 0.717) is 0 Å². The van der Waals surface area contributed by atoms with Crippen LogP contribution in [0.4, 0.5) is 0 Å². The second-order valence-electron chi connectivity index (χ2n) is 12.9. The molecule has 240 valence electrons. The van der Waals surface area contributed by atoms with Crippen LogP contribution < -0.4 is 4.74 Å². The molecule has 1 atom stereocenters. The van der Waals surface area contributed by atoms with E-state index in [0.717, 1.165) is 74.0 Å². The fraction of sp³-hybridized carbons (Fsp3) is 0.0435. The highest BCUT2D eigenvalue weighted by molar-refractivity contribution is 6.14.